The number of fused-ring (bicyclic) bond motifs is 1. The van der Waals surface area contributed by atoms with Gasteiger partial charge in [0.15, 0.2) is 0 Å². The van der Waals surface area contributed by atoms with E-state index in [1.807, 2.05) is 12.1 Å². The molecule has 0 bridgehead atoms. The summed E-state index contributed by atoms with van der Waals surface area (Å²) in [5.41, 5.74) is 3.72. The van der Waals surface area contributed by atoms with Gasteiger partial charge in [-0.1, -0.05) is 48.1 Å². The fraction of sp³-hybridized carbons (Fsp3) is 0.630. The quantitative estimate of drug-likeness (QED) is 0.432. The molecule has 3 aliphatic rings. The van der Waals surface area contributed by atoms with E-state index in [0.29, 0.717) is 24.9 Å². The fourth-order valence-corrected chi connectivity index (χ4v) is 5.54. The van der Waals surface area contributed by atoms with Crippen LogP contribution in [0.1, 0.15) is 30.4 Å². The van der Waals surface area contributed by atoms with Crippen LogP contribution in [0.25, 0.3) is 0 Å². The molecule has 5 nitrogen and oxygen atoms in total. The summed E-state index contributed by atoms with van der Waals surface area (Å²) in [4.78, 5) is 2.44. The smallest absolute Gasteiger partial charge is 0.0761 e. The molecule has 0 unspecified atom stereocenters. The second-order valence-electron chi connectivity index (χ2n) is 9.74. The Morgan fingerprint density at radius 2 is 2.12 bits per heavy atom. The lowest BCUT2D eigenvalue weighted by atomic mass is 9.89. The highest BCUT2D eigenvalue weighted by Gasteiger charge is 2.43. The second kappa shape index (κ2) is 11.6. The molecule has 1 saturated heterocycles. The van der Waals surface area contributed by atoms with Crippen molar-refractivity contribution in [2.45, 2.75) is 44.8 Å². The molecule has 0 aromatic heterocycles. The van der Waals surface area contributed by atoms with E-state index in [2.05, 4.69) is 42.2 Å². The summed E-state index contributed by atoms with van der Waals surface area (Å²) in [5, 5.41) is 21.1. The Morgan fingerprint density at radius 3 is 2.94 bits per heavy atom. The number of allylic oxidation sites excluding steroid dienone is 1. The van der Waals surface area contributed by atoms with Gasteiger partial charge in [0.1, 0.15) is 0 Å². The molecule has 5 atom stereocenters. The number of hydrogen-bond donors (Lipinski definition) is 2. The molecule has 1 aromatic rings. The summed E-state index contributed by atoms with van der Waals surface area (Å²) >= 11 is 0. The molecule has 5 heteroatoms. The molecule has 1 saturated carbocycles. The summed E-state index contributed by atoms with van der Waals surface area (Å²) < 4.78 is 11.4. The van der Waals surface area contributed by atoms with E-state index >= 15 is 0 Å². The standard InChI is InChI=1S/C27H39NO4/c1-20-4-2-5-21(14-20)16-24(29)6-7-25-26-17-22(15-23(26)18-27(25)30)19-32-11-3-8-28-9-12-31-13-10-28/h2,4-7,14-15,23-27,29-30H,3,8-13,16-19H2,1H3/t23-,24-,25+,26-,27+/m0/s1. The molecule has 0 spiro atoms. The highest BCUT2D eigenvalue weighted by Crippen LogP contribution is 2.47. The zero-order valence-electron chi connectivity index (χ0n) is 19.4. The molecule has 2 aliphatic carbocycles. The summed E-state index contributed by atoms with van der Waals surface area (Å²) in [6.07, 6.45) is 8.93. The Hall–Kier alpha value is -1.50. The van der Waals surface area contributed by atoms with Crippen LogP contribution in [0, 0.1) is 24.7 Å². The van der Waals surface area contributed by atoms with Gasteiger partial charge in [0.2, 0.25) is 0 Å². The van der Waals surface area contributed by atoms with E-state index < -0.39 is 6.10 Å². The second-order valence-corrected chi connectivity index (χ2v) is 9.74. The topological polar surface area (TPSA) is 62.2 Å². The van der Waals surface area contributed by atoms with E-state index in [1.165, 1.54) is 11.1 Å². The minimum Gasteiger partial charge on any atom is -0.392 e. The summed E-state index contributed by atoms with van der Waals surface area (Å²) in [5.74, 6) is 0.974. The lowest BCUT2D eigenvalue weighted by Crippen LogP contribution is -2.37. The van der Waals surface area contributed by atoms with Crippen molar-refractivity contribution < 1.29 is 19.7 Å². The van der Waals surface area contributed by atoms with Gasteiger partial charge in [0.25, 0.3) is 0 Å². The fourth-order valence-electron chi connectivity index (χ4n) is 5.54. The Balaban J connectivity index is 1.19. The number of morpholine rings is 1. The van der Waals surface area contributed by atoms with Gasteiger partial charge >= 0.3 is 0 Å². The van der Waals surface area contributed by atoms with Crippen LogP contribution in [0.2, 0.25) is 0 Å². The first-order valence-corrected chi connectivity index (χ1v) is 12.3. The number of aliphatic hydroxyl groups excluding tert-OH is 2. The first-order chi connectivity index (χ1) is 15.6. The van der Waals surface area contributed by atoms with Crippen LogP contribution < -0.4 is 0 Å². The van der Waals surface area contributed by atoms with E-state index in [1.54, 1.807) is 0 Å². The first-order valence-electron chi connectivity index (χ1n) is 12.3. The Labute approximate surface area is 192 Å². The lowest BCUT2D eigenvalue weighted by molar-refractivity contribution is 0.0328. The molecule has 0 amide bonds. The average Bonchev–Trinajstić information content (AvgIpc) is 3.29. The van der Waals surface area contributed by atoms with Gasteiger partial charge in [0, 0.05) is 38.6 Å². The van der Waals surface area contributed by atoms with Crippen LogP contribution in [-0.4, -0.2) is 73.4 Å². The number of hydrogen-bond acceptors (Lipinski definition) is 5. The molecule has 1 aromatic carbocycles. The van der Waals surface area contributed by atoms with Gasteiger partial charge < -0.3 is 19.7 Å². The third-order valence-electron chi connectivity index (χ3n) is 7.19. The van der Waals surface area contributed by atoms with Crippen molar-refractivity contribution in [3.8, 4) is 0 Å². The van der Waals surface area contributed by atoms with Crippen molar-refractivity contribution >= 4 is 0 Å². The minimum absolute atomic E-state index is 0.113. The molecule has 4 rings (SSSR count). The molecule has 32 heavy (non-hydrogen) atoms. The molecule has 176 valence electrons. The van der Waals surface area contributed by atoms with E-state index in [-0.39, 0.29) is 12.0 Å². The number of aryl methyl sites for hydroxylation is 1. The maximum atomic E-state index is 10.6. The van der Waals surface area contributed by atoms with Crippen molar-refractivity contribution in [1.29, 1.82) is 0 Å². The number of nitrogens with zero attached hydrogens (tertiary/aromatic N) is 1. The number of aliphatic hydroxyl groups is 2. The van der Waals surface area contributed by atoms with Crippen LogP contribution in [-0.2, 0) is 15.9 Å². The Morgan fingerprint density at radius 1 is 1.28 bits per heavy atom. The zero-order chi connectivity index (χ0) is 22.3. The van der Waals surface area contributed by atoms with Gasteiger partial charge in [-0.25, -0.2) is 0 Å². The monoisotopic (exact) mass is 441 g/mol. The third kappa shape index (κ3) is 6.52. The molecule has 2 N–H and O–H groups in total. The number of benzene rings is 1. The Kier molecular flexibility index (Phi) is 8.55. The highest BCUT2D eigenvalue weighted by atomic mass is 16.5. The number of rotatable bonds is 10. The minimum atomic E-state index is -0.522. The molecule has 1 aliphatic heterocycles. The van der Waals surface area contributed by atoms with Gasteiger partial charge in [-0.2, -0.15) is 0 Å². The molecule has 1 heterocycles. The summed E-state index contributed by atoms with van der Waals surface area (Å²) in [6, 6.07) is 8.27. The van der Waals surface area contributed by atoms with E-state index in [0.717, 1.165) is 64.3 Å². The van der Waals surface area contributed by atoms with Crippen LogP contribution in [0.3, 0.4) is 0 Å². The van der Waals surface area contributed by atoms with Crippen molar-refractivity contribution in [2.75, 3.05) is 46.1 Å². The van der Waals surface area contributed by atoms with Crippen molar-refractivity contribution in [3.63, 3.8) is 0 Å². The largest absolute Gasteiger partial charge is 0.392 e. The lowest BCUT2D eigenvalue weighted by Gasteiger charge is -2.26. The first kappa shape index (κ1) is 23.7. The van der Waals surface area contributed by atoms with Crippen LogP contribution in [0.4, 0.5) is 0 Å². The van der Waals surface area contributed by atoms with E-state index in [4.69, 9.17) is 9.47 Å². The van der Waals surface area contributed by atoms with Crippen molar-refractivity contribution in [1.82, 2.24) is 4.90 Å². The van der Waals surface area contributed by atoms with Gasteiger partial charge in [0.05, 0.1) is 32.0 Å². The predicted octanol–water partition coefficient (Wildman–Crippen LogP) is 3.14. The Bertz CT molecular complexity index is 786. The highest BCUT2D eigenvalue weighted by molar-refractivity contribution is 5.24. The normalized spacial score (nSPS) is 29.4. The van der Waals surface area contributed by atoms with E-state index in [9.17, 15) is 10.2 Å². The summed E-state index contributed by atoms with van der Waals surface area (Å²) in [6.45, 7) is 8.41. The van der Waals surface area contributed by atoms with Crippen molar-refractivity contribution in [3.05, 3.63) is 59.2 Å². The summed E-state index contributed by atoms with van der Waals surface area (Å²) in [7, 11) is 0. The maximum absolute atomic E-state index is 10.6. The average molecular weight is 442 g/mol. The van der Waals surface area contributed by atoms with Gasteiger partial charge in [-0.15, -0.1) is 0 Å². The van der Waals surface area contributed by atoms with Crippen LogP contribution in [0.15, 0.2) is 48.1 Å². The molecular weight excluding hydrogens is 402 g/mol. The zero-order valence-corrected chi connectivity index (χ0v) is 19.4. The van der Waals surface area contributed by atoms with Crippen molar-refractivity contribution in [2.24, 2.45) is 17.8 Å². The van der Waals surface area contributed by atoms with Gasteiger partial charge in [-0.05, 0) is 49.2 Å². The molecule has 2 fully saturated rings. The maximum Gasteiger partial charge on any atom is 0.0761 e. The molecular formula is C27H39NO4. The predicted molar refractivity (Wildman–Crippen MR) is 127 cm³/mol. The molecule has 0 radical (unpaired) electrons. The van der Waals surface area contributed by atoms with Gasteiger partial charge in [-0.3, -0.25) is 4.90 Å². The number of ether oxygens (including phenoxy) is 2. The SMILES string of the molecule is Cc1cccc(C[C@@H](O)C=C[C@@H]2[C@H]3CC(COCCCN4CCOCC4)=C[C@H]3C[C@H]2O)c1. The van der Waals surface area contributed by atoms with Crippen LogP contribution in [0.5, 0.6) is 0 Å². The third-order valence-corrected chi connectivity index (χ3v) is 7.19. The van der Waals surface area contributed by atoms with Crippen LogP contribution >= 0.6 is 0 Å².